The van der Waals surface area contributed by atoms with Crippen LogP contribution in [0.2, 0.25) is 0 Å². The van der Waals surface area contributed by atoms with Crippen LogP contribution in [0.25, 0.3) is 21.0 Å². The smallest absolute Gasteiger partial charge is 0.334 e. The molecule has 0 aliphatic heterocycles. The van der Waals surface area contributed by atoms with Gasteiger partial charge in [-0.15, -0.1) is 0 Å². The number of aryl methyl sites for hydroxylation is 2. The molecule has 0 radical (unpaired) electrons. The lowest BCUT2D eigenvalue weighted by Gasteiger charge is -2.05. The molecular formula is C16H19ClN2O2S. The minimum Gasteiger partial charge on any atom is -1.00 e. The Balaban J connectivity index is 0.00000176. The molecule has 3 aromatic rings. The number of anilines is 1. The van der Waals surface area contributed by atoms with E-state index in [4.69, 9.17) is 4.74 Å². The second-order valence-electron chi connectivity index (χ2n) is 5.08. The van der Waals surface area contributed by atoms with Crippen molar-refractivity contribution >= 4 is 37.5 Å². The number of halogens is 1. The van der Waals surface area contributed by atoms with Crippen molar-refractivity contribution in [2.24, 2.45) is 7.05 Å². The predicted octanol–water partition coefficient (Wildman–Crippen LogP) is -0.0447. The van der Waals surface area contributed by atoms with Gasteiger partial charge in [0.1, 0.15) is 12.3 Å². The van der Waals surface area contributed by atoms with E-state index in [1.165, 1.54) is 0 Å². The quantitative estimate of drug-likeness (QED) is 0.518. The highest BCUT2D eigenvalue weighted by molar-refractivity contribution is 7.22. The summed E-state index contributed by atoms with van der Waals surface area (Å²) in [4.78, 5) is 0. The zero-order valence-corrected chi connectivity index (χ0v) is 14.4. The Bertz CT molecular complexity index is 817. The first-order chi connectivity index (χ1) is 10.1. The molecule has 3 rings (SSSR count). The molecule has 0 saturated carbocycles. The van der Waals surface area contributed by atoms with Gasteiger partial charge >= 0.3 is 5.13 Å². The summed E-state index contributed by atoms with van der Waals surface area (Å²) in [6.07, 6.45) is 0. The first kappa shape index (κ1) is 16.8. The maximum Gasteiger partial charge on any atom is 0.334 e. The summed E-state index contributed by atoms with van der Waals surface area (Å²) >= 11 is 1.67. The molecule has 1 aromatic heterocycles. The van der Waals surface area contributed by atoms with Crippen molar-refractivity contribution in [3.63, 3.8) is 0 Å². The van der Waals surface area contributed by atoms with E-state index in [0.717, 1.165) is 38.2 Å². The lowest BCUT2D eigenvalue weighted by Crippen LogP contribution is -3.00. The number of nitrogens with zero attached hydrogens (tertiary/aromatic N) is 1. The molecule has 0 amide bonds. The molecule has 0 unspecified atom stereocenters. The summed E-state index contributed by atoms with van der Waals surface area (Å²) in [5.41, 5.74) is 2.09. The van der Waals surface area contributed by atoms with Crippen molar-refractivity contribution < 1.29 is 26.8 Å². The molecule has 6 heteroatoms. The highest BCUT2D eigenvalue weighted by Crippen LogP contribution is 2.39. The summed E-state index contributed by atoms with van der Waals surface area (Å²) in [6.45, 7) is 3.40. The lowest BCUT2D eigenvalue weighted by molar-refractivity contribution is -0.625. The predicted molar refractivity (Wildman–Crippen MR) is 87.3 cm³/mol. The number of benzene rings is 2. The molecule has 2 N–H and O–H groups in total. The zero-order chi connectivity index (χ0) is 15.0. The number of aromatic hydroxyl groups is 1. The Labute approximate surface area is 139 Å². The van der Waals surface area contributed by atoms with Gasteiger partial charge in [0.2, 0.25) is 0 Å². The fourth-order valence-electron chi connectivity index (χ4n) is 2.64. The Morgan fingerprint density at radius 3 is 2.64 bits per heavy atom. The van der Waals surface area contributed by atoms with Crippen LogP contribution in [0, 0.1) is 6.92 Å². The topological polar surface area (TPSA) is 45.4 Å². The van der Waals surface area contributed by atoms with E-state index in [0.29, 0.717) is 12.4 Å². The van der Waals surface area contributed by atoms with E-state index >= 15 is 0 Å². The van der Waals surface area contributed by atoms with Crippen molar-refractivity contribution in [3.8, 4) is 5.75 Å². The molecule has 0 spiro atoms. The zero-order valence-electron chi connectivity index (χ0n) is 12.8. The largest absolute Gasteiger partial charge is 1.00 e. The Morgan fingerprint density at radius 2 is 1.95 bits per heavy atom. The van der Waals surface area contributed by atoms with E-state index in [2.05, 4.69) is 23.0 Å². The molecule has 0 bridgehead atoms. The average Bonchev–Trinajstić information content (AvgIpc) is 2.83. The van der Waals surface area contributed by atoms with Crippen molar-refractivity contribution in [2.75, 3.05) is 25.6 Å². The molecule has 118 valence electrons. The van der Waals surface area contributed by atoms with Crippen molar-refractivity contribution in [3.05, 3.63) is 29.8 Å². The Morgan fingerprint density at radius 1 is 1.27 bits per heavy atom. The van der Waals surface area contributed by atoms with Crippen LogP contribution in [-0.2, 0) is 11.8 Å². The van der Waals surface area contributed by atoms with Gasteiger partial charge in [-0.1, -0.05) is 18.2 Å². The van der Waals surface area contributed by atoms with Gasteiger partial charge in [-0.05, 0) is 24.3 Å². The minimum atomic E-state index is 0. The van der Waals surface area contributed by atoms with Crippen LogP contribution in [-0.4, -0.2) is 25.4 Å². The molecule has 0 fully saturated rings. The van der Waals surface area contributed by atoms with Crippen molar-refractivity contribution in [2.45, 2.75) is 6.92 Å². The number of phenolic OH excluding ortho intramolecular Hbond substituents is 1. The van der Waals surface area contributed by atoms with E-state index < -0.39 is 0 Å². The Hall–Kier alpha value is -1.56. The summed E-state index contributed by atoms with van der Waals surface area (Å²) in [7, 11) is 3.75. The third-order valence-electron chi connectivity index (χ3n) is 3.77. The standard InChI is InChI=1S/C16H18N2O2S.ClH/c1-10-14(19)12-7-5-4-6-11(12)13-15(10)21-16(18(13)2)17-8-9-20-3;/h4-7,19H,8-9H2,1-3H3;1H. The number of phenols is 1. The van der Waals surface area contributed by atoms with Crippen LogP contribution < -0.4 is 22.3 Å². The summed E-state index contributed by atoms with van der Waals surface area (Å²) < 4.78 is 8.36. The molecule has 0 atom stereocenters. The van der Waals surface area contributed by atoms with Gasteiger partial charge in [-0.3, -0.25) is 5.32 Å². The number of rotatable bonds is 4. The second-order valence-corrected chi connectivity index (χ2v) is 6.08. The number of methoxy groups -OCH3 is 1. The van der Waals surface area contributed by atoms with Crippen LogP contribution in [0.1, 0.15) is 5.56 Å². The fourth-order valence-corrected chi connectivity index (χ4v) is 3.83. The number of ether oxygens (including phenoxy) is 1. The maximum atomic E-state index is 10.4. The first-order valence-corrected chi connectivity index (χ1v) is 7.72. The molecule has 2 aromatic carbocycles. The van der Waals surface area contributed by atoms with Crippen LogP contribution in [0.3, 0.4) is 0 Å². The second kappa shape index (κ2) is 6.69. The number of fused-ring (bicyclic) bond motifs is 3. The average molecular weight is 339 g/mol. The molecule has 1 heterocycles. The minimum absolute atomic E-state index is 0. The lowest BCUT2D eigenvalue weighted by atomic mass is 10.0. The fraction of sp³-hybridized carbons (Fsp3) is 0.312. The number of aromatic nitrogens is 1. The van der Waals surface area contributed by atoms with E-state index in [1.54, 1.807) is 18.4 Å². The van der Waals surface area contributed by atoms with Crippen molar-refractivity contribution in [1.82, 2.24) is 0 Å². The molecular weight excluding hydrogens is 320 g/mol. The molecule has 22 heavy (non-hydrogen) atoms. The maximum absolute atomic E-state index is 10.4. The van der Waals surface area contributed by atoms with Crippen molar-refractivity contribution in [1.29, 1.82) is 0 Å². The monoisotopic (exact) mass is 338 g/mol. The van der Waals surface area contributed by atoms with Crippen LogP contribution >= 0.6 is 11.3 Å². The molecule has 4 nitrogen and oxygen atoms in total. The van der Waals surface area contributed by atoms with Gasteiger partial charge in [-0.2, -0.15) is 0 Å². The summed E-state index contributed by atoms with van der Waals surface area (Å²) in [6, 6.07) is 7.99. The van der Waals surface area contributed by atoms with Gasteiger partial charge < -0.3 is 22.3 Å². The van der Waals surface area contributed by atoms with E-state index in [9.17, 15) is 5.11 Å². The first-order valence-electron chi connectivity index (χ1n) is 6.90. The number of nitrogens with one attached hydrogen (secondary N) is 1. The van der Waals surface area contributed by atoms with Gasteiger partial charge in [-0.25, -0.2) is 4.57 Å². The Kier molecular flexibility index (Phi) is 5.11. The SMILES string of the molecule is COCCNc1sc2c(C)c(O)c3ccccc3c2[n+]1C.[Cl-]. The van der Waals surface area contributed by atoms with E-state index in [-0.39, 0.29) is 12.4 Å². The third kappa shape index (κ3) is 2.60. The van der Waals surface area contributed by atoms with Gasteiger partial charge in [0.05, 0.1) is 18.4 Å². The van der Waals surface area contributed by atoms with Crippen LogP contribution in [0.5, 0.6) is 5.75 Å². The number of thiazole rings is 1. The van der Waals surface area contributed by atoms with Crippen LogP contribution in [0.4, 0.5) is 5.13 Å². The highest BCUT2D eigenvalue weighted by atomic mass is 35.5. The third-order valence-corrected chi connectivity index (χ3v) is 5.08. The summed E-state index contributed by atoms with van der Waals surface area (Å²) in [5.74, 6) is 0.378. The molecule has 0 saturated heterocycles. The van der Waals surface area contributed by atoms with Gasteiger partial charge in [0, 0.05) is 23.4 Å². The molecule has 0 aliphatic rings. The van der Waals surface area contributed by atoms with Gasteiger partial charge in [0.15, 0.2) is 5.52 Å². The van der Waals surface area contributed by atoms with Gasteiger partial charge in [0.25, 0.3) is 0 Å². The molecule has 0 aliphatic carbocycles. The number of hydrogen-bond acceptors (Lipinski definition) is 4. The normalized spacial score (nSPS) is 10.9. The highest BCUT2D eigenvalue weighted by Gasteiger charge is 2.21. The van der Waals surface area contributed by atoms with Crippen LogP contribution in [0.15, 0.2) is 24.3 Å². The number of hydrogen-bond donors (Lipinski definition) is 2. The van der Waals surface area contributed by atoms with E-state index in [1.807, 2.05) is 25.1 Å². The summed E-state index contributed by atoms with van der Waals surface area (Å²) in [5, 5.41) is 16.9.